The standard InChI is InChI=1S/C14H15N3O3S3/c1-3-20-12(19)7-22-14-17-10-5-4-9(6-11(10)23-14)16-13(21)15-8(2)18/h4-6H,3,7H2,1-2H3,(H2,15,16,18,21). The number of carbonyl (C=O) groups excluding carboxylic acids is 2. The molecule has 9 heteroatoms. The van der Waals surface area contributed by atoms with E-state index in [1.165, 1.54) is 30.0 Å². The first-order valence-corrected chi connectivity index (χ1v) is 8.96. The fraction of sp³-hybridized carbons (Fsp3) is 0.286. The number of rotatable bonds is 5. The molecule has 6 nitrogen and oxygen atoms in total. The van der Waals surface area contributed by atoms with Gasteiger partial charge in [0.25, 0.3) is 0 Å². The Kier molecular flexibility index (Phi) is 6.31. The van der Waals surface area contributed by atoms with Gasteiger partial charge in [0.1, 0.15) is 0 Å². The molecule has 0 aliphatic carbocycles. The van der Waals surface area contributed by atoms with Crippen LogP contribution in [-0.2, 0) is 14.3 Å². The Bertz CT molecular complexity index is 745. The van der Waals surface area contributed by atoms with Crippen LogP contribution >= 0.6 is 35.3 Å². The van der Waals surface area contributed by atoms with Gasteiger partial charge < -0.3 is 15.4 Å². The highest BCUT2D eigenvalue weighted by Gasteiger charge is 2.09. The third kappa shape index (κ3) is 5.45. The van der Waals surface area contributed by atoms with Crippen LogP contribution in [0.3, 0.4) is 0 Å². The Balaban J connectivity index is 2.04. The number of thiazole rings is 1. The summed E-state index contributed by atoms with van der Waals surface area (Å²) in [7, 11) is 0. The van der Waals surface area contributed by atoms with Crippen molar-refractivity contribution in [3.63, 3.8) is 0 Å². The number of nitrogens with zero attached hydrogens (tertiary/aromatic N) is 1. The van der Waals surface area contributed by atoms with Crippen LogP contribution in [-0.4, -0.2) is 34.3 Å². The number of thioether (sulfide) groups is 1. The molecule has 2 rings (SSSR count). The predicted octanol–water partition coefficient (Wildman–Crippen LogP) is 2.78. The maximum atomic E-state index is 11.4. The molecular weight excluding hydrogens is 354 g/mol. The van der Waals surface area contributed by atoms with Crippen LogP contribution in [0.5, 0.6) is 0 Å². The van der Waals surface area contributed by atoms with Crippen molar-refractivity contribution < 1.29 is 14.3 Å². The molecule has 0 radical (unpaired) electrons. The van der Waals surface area contributed by atoms with Crippen molar-refractivity contribution in [2.45, 2.75) is 18.2 Å². The number of fused-ring (bicyclic) bond motifs is 1. The average molecular weight is 369 g/mol. The van der Waals surface area contributed by atoms with Gasteiger partial charge in [-0.05, 0) is 37.3 Å². The van der Waals surface area contributed by atoms with Crippen molar-refractivity contribution in [1.29, 1.82) is 0 Å². The van der Waals surface area contributed by atoms with E-state index < -0.39 is 0 Å². The first kappa shape index (κ1) is 17.6. The number of ether oxygens (including phenoxy) is 1. The van der Waals surface area contributed by atoms with Gasteiger partial charge in [-0.25, -0.2) is 4.98 Å². The van der Waals surface area contributed by atoms with Gasteiger partial charge in [-0.15, -0.1) is 11.3 Å². The zero-order valence-corrected chi connectivity index (χ0v) is 15.0. The molecule has 0 spiro atoms. The lowest BCUT2D eigenvalue weighted by atomic mass is 10.3. The highest BCUT2D eigenvalue weighted by Crippen LogP contribution is 2.31. The molecule has 0 fully saturated rings. The van der Waals surface area contributed by atoms with Crippen LogP contribution in [0.1, 0.15) is 13.8 Å². The normalized spacial score (nSPS) is 10.3. The first-order valence-electron chi connectivity index (χ1n) is 6.75. The molecule has 0 aliphatic rings. The predicted molar refractivity (Wildman–Crippen MR) is 97.0 cm³/mol. The number of thiocarbonyl (C=S) groups is 1. The second-order valence-electron chi connectivity index (χ2n) is 4.39. The second kappa shape index (κ2) is 8.23. The average Bonchev–Trinajstić information content (AvgIpc) is 2.86. The third-order valence-electron chi connectivity index (χ3n) is 2.54. The Morgan fingerprint density at radius 2 is 2.22 bits per heavy atom. The van der Waals surface area contributed by atoms with E-state index in [4.69, 9.17) is 17.0 Å². The highest BCUT2D eigenvalue weighted by molar-refractivity contribution is 8.01. The summed E-state index contributed by atoms with van der Waals surface area (Å²) in [6.07, 6.45) is 0. The molecule has 23 heavy (non-hydrogen) atoms. The SMILES string of the molecule is CCOC(=O)CSc1nc2ccc(NC(=S)NC(C)=O)cc2s1. The summed E-state index contributed by atoms with van der Waals surface area (Å²) < 4.78 is 6.66. The van der Waals surface area contributed by atoms with E-state index in [1.54, 1.807) is 6.92 Å². The summed E-state index contributed by atoms with van der Waals surface area (Å²) in [5, 5.41) is 5.69. The minimum absolute atomic E-state index is 0.223. The minimum Gasteiger partial charge on any atom is -0.465 e. The Morgan fingerprint density at radius 1 is 1.43 bits per heavy atom. The molecule has 2 N–H and O–H groups in total. The Hall–Kier alpha value is -1.71. The van der Waals surface area contributed by atoms with Gasteiger partial charge in [0, 0.05) is 12.6 Å². The second-order valence-corrected chi connectivity index (χ2v) is 7.05. The lowest BCUT2D eigenvalue weighted by Gasteiger charge is -2.07. The van der Waals surface area contributed by atoms with Gasteiger partial charge >= 0.3 is 5.97 Å². The number of amides is 1. The largest absolute Gasteiger partial charge is 0.465 e. The van der Waals surface area contributed by atoms with Crippen molar-refractivity contribution in [2.75, 3.05) is 17.7 Å². The molecule has 2 aromatic rings. The monoisotopic (exact) mass is 369 g/mol. The maximum absolute atomic E-state index is 11.4. The van der Waals surface area contributed by atoms with Crippen LogP contribution in [0.25, 0.3) is 10.2 Å². The van der Waals surface area contributed by atoms with E-state index in [2.05, 4.69) is 15.6 Å². The fourth-order valence-corrected chi connectivity index (χ4v) is 3.86. The summed E-state index contributed by atoms with van der Waals surface area (Å²) in [4.78, 5) is 26.8. The van der Waals surface area contributed by atoms with E-state index >= 15 is 0 Å². The van der Waals surface area contributed by atoms with E-state index in [9.17, 15) is 9.59 Å². The maximum Gasteiger partial charge on any atom is 0.316 e. The molecule has 122 valence electrons. The summed E-state index contributed by atoms with van der Waals surface area (Å²) >= 11 is 7.86. The van der Waals surface area contributed by atoms with Crippen molar-refractivity contribution >= 4 is 68.2 Å². The fourth-order valence-electron chi connectivity index (χ4n) is 1.69. The molecular formula is C14H15N3O3S3. The van der Waals surface area contributed by atoms with Gasteiger partial charge in [0.05, 0.1) is 22.6 Å². The number of hydrogen-bond donors (Lipinski definition) is 2. The number of benzene rings is 1. The zero-order valence-electron chi connectivity index (χ0n) is 12.5. The first-order chi connectivity index (χ1) is 11.0. The van der Waals surface area contributed by atoms with Crippen molar-refractivity contribution in [1.82, 2.24) is 10.3 Å². The number of carbonyl (C=O) groups is 2. The zero-order chi connectivity index (χ0) is 16.8. The highest BCUT2D eigenvalue weighted by atomic mass is 32.2. The van der Waals surface area contributed by atoms with Crippen LogP contribution in [0.2, 0.25) is 0 Å². The molecule has 0 bridgehead atoms. The van der Waals surface area contributed by atoms with Gasteiger partial charge in [0.2, 0.25) is 5.91 Å². The topological polar surface area (TPSA) is 80.3 Å². The van der Waals surface area contributed by atoms with Gasteiger partial charge in [-0.1, -0.05) is 11.8 Å². The summed E-state index contributed by atoms with van der Waals surface area (Å²) in [5.41, 5.74) is 1.61. The molecule has 0 saturated carbocycles. The number of nitrogens with one attached hydrogen (secondary N) is 2. The smallest absolute Gasteiger partial charge is 0.316 e. The molecule has 0 unspecified atom stereocenters. The summed E-state index contributed by atoms with van der Waals surface area (Å²) in [6, 6.07) is 5.59. The number of aromatic nitrogens is 1. The molecule has 1 amide bonds. The van der Waals surface area contributed by atoms with Gasteiger partial charge in [0.15, 0.2) is 9.45 Å². The van der Waals surface area contributed by atoms with Crippen molar-refractivity contribution in [2.24, 2.45) is 0 Å². The number of hydrogen-bond acceptors (Lipinski definition) is 7. The lowest BCUT2D eigenvalue weighted by molar-refractivity contribution is -0.139. The molecule has 1 heterocycles. The van der Waals surface area contributed by atoms with Gasteiger partial charge in [-0.2, -0.15) is 0 Å². The molecule has 1 aromatic heterocycles. The molecule has 0 atom stereocenters. The van der Waals surface area contributed by atoms with Crippen LogP contribution in [0.4, 0.5) is 5.69 Å². The van der Waals surface area contributed by atoms with E-state index in [0.29, 0.717) is 6.61 Å². The molecule has 1 aromatic carbocycles. The Labute approximate surface area is 147 Å². The minimum atomic E-state index is -0.250. The molecule has 0 aliphatic heterocycles. The summed E-state index contributed by atoms with van der Waals surface area (Å²) in [6.45, 7) is 3.55. The van der Waals surface area contributed by atoms with Crippen LogP contribution in [0.15, 0.2) is 22.5 Å². The third-order valence-corrected chi connectivity index (χ3v) is 4.87. The van der Waals surface area contributed by atoms with Crippen LogP contribution in [0, 0.1) is 0 Å². The molecule has 0 saturated heterocycles. The van der Waals surface area contributed by atoms with Crippen molar-refractivity contribution in [3.05, 3.63) is 18.2 Å². The Morgan fingerprint density at radius 3 is 2.91 bits per heavy atom. The number of anilines is 1. The van der Waals surface area contributed by atoms with Crippen molar-refractivity contribution in [3.8, 4) is 0 Å². The number of esters is 1. The van der Waals surface area contributed by atoms with Crippen LogP contribution < -0.4 is 10.6 Å². The van der Waals surface area contributed by atoms with E-state index in [1.807, 2.05) is 18.2 Å². The lowest BCUT2D eigenvalue weighted by Crippen LogP contribution is -2.32. The summed E-state index contributed by atoms with van der Waals surface area (Å²) in [5.74, 6) is -0.232. The van der Waals surface area contributed by atoms with E-state index in [-0.39, 0.29) is 22.7 Å². The quantitative estimate of drug-likeness (QED) is 0.476. The van der Waals surface area contributed by atoms with Gasteiger partial charge in [-0.3, -0.25) is 9.59 Å². The van der Waals surface area contributed by atoms with E-state index in [0.717, 1.165) is 20.2 Å².